The van der Waals surface area contributed by atoms with Gasteiger partial charge in [0.2, 0.25) is 0 Å². The molecule has 0 spiro atoms. The molecule has 1 aromatic heterocycles. The molecular formula is C24H26N4O2S. The smallest absolute Gasteiger partial charge is 0.324 e. The zero-order valence-electron chi connectivity index (χ0n) is 17.3. The van der Waals surface area contributed by atoms with E-state index >= 15 is 0 Å². The molecule has 4 rings (SSSR count). The van der Waals surface area contributed by atoms with E-state index < -0.39 is 0 Å². The Hall–Kier alpha value is -3.16. The Morgan fingerprint density at radius 2 is 1.55 bits per heavy atom. The molecule has 1 aliphatic rings. The van der Waals surface area contributed by atoms with E-state index in [1.165, 1.54) is 16.9 Å². The molecule has 0 radical (unpaired) electrons. The fraction of sp³-hybridized carbons (Fsp3) is 0.250. The van der Waals surface area contributed by atoms with Crippen LogP contribution in [-0.4, -0.2) is 47.9 Å². The molecule has 3 amide bonds. The van der Waals surface area contributed by atoms with E-state index in [1.807, 2.05) is 41.3 Å². The van der Waals surface area contributed by atoms with Gasteiger partial charge in [-0.15, -0.1) is 11.3 Å². The van der Waals surface area contributed by atoms with Crippen molar-refractivity contribution in [2.24, 2.45) is 0 Å². The van der Waals surface area contributed by atoms with Gasteiger partial charge >= 0.3 is 6.03 Å². The third kappa shape index (κ3) is 5.93. The van der Waals surface area contributed by atoms with E-state index in [-0.39, 0.29) is 11.9 Å². The van der Waals surface area contributed by atoms with E-state index in [2.05, 4.69) is 39.8 Å². The molecule has 0 unspecified atom stereocenters. The maximum absolute atomic E-state index is 13.0. The summed E-state index contributed by atoms with van der Waals surface area (Å²) in [6.07, 6.45) is 0.953. The van der Waals surface area contributed by atoms with E-state index in [1.54, 1.807) is 12.1 Å². The Kier molecular flexibility index (Phi) is 6.96. The van der Waals surface area contributed by atoms with Gasteiger partial charge in [-0.3, -0.25) is 15.0 Å². The normalized spacial score (nSPS) is 14.6. The molecule has 0 bridgehead atoms. The Balaban J connectivity index is 1.30. The van der Waals surface area contributed by atoms with Gasteiger partial charge in [0.25, 0.3) is 5.91 Å². The first-order valence-electron chi connectivity index (χ1n) is 10.5. The van der Waals surface area contributed by atoms with E-state index in [4.69, 9.17) is 0 Å². The molecule has 3 aromatic rings. The maximum Gasteiger partial charge on any atom is 0.324 e. The summed E-state index contributed by atoms with van der Waals surface area (Å²) in [5, 5.41) is 6.24. The molecule has 0 aliphatic carbocycles. The number of para-hydroxylation sites is 1. The molecule has 0 atom stereocenters. The number of rotatable bonds is 5. The van der Waals surface area contributed by atoms with Gasteiger partial charge < -0.3 is 10.2 Å². The number of urea groups is 1. The number of carbonyl (C=O) groups excluding carboxylic acids is 2. The first-order valence-corrected chi connectivity index (χ1v) is 11.3. The predicted octanol–water partition coefficient (Wildman–Crippen LogP) is 4.74. The summed E-state index contributed by atoms with van der Waals surface area (Å²) in [4.78, 5) is 30.1. The van der Waals surface area contributed by atoms with Crippen molar-refractivity contribution in [3.63, 3.8) is 0 Å². The van der Waals surface area contributed by atoms with Crippen LogP contribution in [0.25, 0.3) is 0 Å². The van der Waals surface area contributed by atoms with Gasteiger partial charge in [-0.25, -0.2) is 4.79 Å². The van der Waals surface area contributed by atoms with Crippen LogP contribution in [0.3, 0.4) is 0 Å². The number of carbonyl (C=O) groups is 2. The summed E-state index contributed by atoms with van der Waals surface area (Å²) in [6.45, 7) is 4.21. The van der Waals surface area contributed by atoms with Crippen molar-refractivity contribution in [1.29, 1.82) is 0 Å². The van der Waals surface area contributed by atoms with Gasteiger partial charge in [0.05, 0.1) is 9.88 Å². The summed E-state index contributed by atoms with van der Waals surface area (Å²) in [5.41, 5.74) is 2.02. The Bertz CT molecular complexity index is 1010. The van der Waals surface area contributed by atoms with E-state index in [0.717, 1.165) is 38.3 Å². The second-order valence-electron chi connectivity index (χ2n) is 7.52. The molecule has 7 heteroatoms. The summed E-state index contributed by atoms with van der Waals surface area (Å²) in [5.74, 6) is 0.0306. The Morgan fingerprint density at radius 1 is 0.806 bits per heavy atom. The predicted molar refractivity (Wildman–Crippen MR) is 126 cm³/mol. The number of hydrogen-bond acceptors (Lipinski definition) is 4. The third-order valence-electron chi connectivity index (χ3n) is 5.21. The van der Waals surface area contributed by atoms with Crippen molar-refractivity contribution >= 4 is 34.0 Å². The summed E-state index contributed by atoms with van der Waals surface area (Å²) >= 11 is 1.31. The van der Waals surface area contributed by atoms with Crippen LogP contribution in [0, 0.1) is 0 Å². The molecule has 6 nitrogen and oxygen atoms in total. The van der Waals surface area contributed by atoms with Crippen molar-refractivity contribution in [1.82, 2.24) is 9.80 Å². The highest BCUT2D eigenvalue weighted by Gasteiger charge is 2.22. The van der Waals surface area contributed by atoms with Gasteiger partial charge in [0, 0.05) is 38.4 Å². The SMILES string of the molecule is O=C(Nc1ccccc1)Nc1ccc(C(=O)N2CCCN(Cc3ccccc3)CC2)s1. The minimum atomic E-state index is -0.321. The standard InChI is InChI=1S/C24H26N4O2S/c29-23(28-15-7-14-27(16-17-28)18-19-8-3-1-4-9-19)21-12-13-22(31-21)26-24(30)25-20-10-5-2-6-11-20/h1-6,8-13H,7,14-18H2,(H2,25,26,30). The summed E-state index contributed by atoms with van der Waals surface area (Å²) in [6, 6.07) is 22.9. The number of thiophene rings is 1. The minimum Gasteiger partial charge on any atom is -0.337 e. The number of hydrogen-bond donors (Lipinski definition) is 2. The fourth-order valence-corrected chi connectivity index (χ4v) is 4.51. The van der Waals surface area contributed by atoms with Gasteiger partial charge in [-0.1, -0.05) is 48.5 Å². The van der Waals surface area contributed by atoms with Crippen molar-refractivity contribution < 1.29 is 9.59 Å². The minimum absolute atomic E-state index is 0.0306. The lowest BCUT2D eigenvalue weighted by molar-refractivity contribution is 0.0766. The molecule has 0 saturated carbocycles. The average Bonchev–Trinajstić information content (AvgIpc) is 3.12. The number of nitrogens with one attached hydrogen (secondary N) is 2. The van der Waals surface area contributed by atoms with E-state index in [9.17, 15) is 9.59 Å². The zero-order valence-corrected chi connectivity index (χ0v) is 18.1. The van der Waals surface area contributed by atoms with Crippen LogP contribution in [0.15, 0.2) is 72.8 Å². The number of amides is 3. The van der Waals surface area contributed by atoms with Gasteiger partial charge in [-0.05, 0) is 36.2 Å². The quantitative estimate of drug-likeness (QED) is 0.610. The second kappa shape index (κ2) is 10.2. The molecule has 2 heterocycles. The Labute approximate surface area is 186 Å². The molecule has 2 N–H and O–H groups in total. The van der Waals surface area contributed by atoms with Crippen LogP contribution in [0.2, 0.25) is 0 Å². The van der Waals surface area contributed by atoms with Crippen LogP contribution < -0.4 is 10.6 Å². The molecule has 2 aromatic carbocycles. The lowest BCUT2D eigenvalue weighted by atomic mass is 10.2. The van der Waals surface area contributed by atoms with Crippen LogP contribution in [0.1, 0.15) is 21.7 Å². The molecule has 1 saturated heterocycles. The van der Waals surface area contributed by atoms with Crippen molar-refractivity contribution in [2.45, 2.75) is 13.0 Å². The molecular weight excluding hydrogens is 408 g/mol. The fourth-order valence-electron chi connectivity index (χ4n) is 3.65. The molecule has 1 aliphatic heterocycles. The van der Waals surface area contributed by atoms with Crippen LogP contribution in [0.5, 0.6) is 0 Å². The topological polar surface area (TPSA) is 64.7 Å². The maximum atomic E-state index is 13.0. The van der Waals surface area contributed by atoms with Crippen LogP contribution >= 0.6 is 11.3 Å². The largest absolute Gasteiger partial charge is 0.337 e. The average molecular weight is 435 g/mol. The molecule has 1 fully saturated rings. The number of benzene rings is 2. The lowest BCUT2D eigenvalue weighted by Gasteiger charge is -2.21. The molecule has 31 heavy (non-hydrogen) atoms. The van der Waals surface area contributed by atoms with Crippen molar-refractivity contribution in [3.05, 3.63) is 83.2 Å². The van der Waals surface area contributed by atoms with Gasteiger partial charge in [0.1, 0.15) is 0 Å². The number of anilines is 2. The highest BCUT2D eigenvalue weighted by atomic mass is 32.1. The highest BCUT2D eigenvalue weighted by Crippen LogP contribution is 2.24. The molecule has 160 valence electrons. The summed E-state index contributed by atoms with van der Waals surface area (Å²) < 4.78 is 0. The monoisotopic (exact) mass is 434 g/mol. The van der Waals surface area contributed by atoms with Crippen LogP contribution in [-0.2, 0) is 6.54 Å². The van der Waals surface area contributed by atoms with E-state index in [0.29, 0.717) is 16.4 Å². The lowest BCUT2D eigenvalue weighted by Crippen LogP contribution is -2.34. The van der Waals surface area contributed by atoms with Crippen LogP contribution in [0.4, 0.5) is 15.5 Å². The first kappa shape index (κ1) is 21.1. The Morgan fingerprint density at radius 3 is 2.32 bits per heavy atom. The van der Waals surface area contributed by atoms with Gasteiger partial charge in [-0.2, -0.15) is 0 Å². The number of nitrogens with zero attached hydrogens (tertiary/aromatic N) is 2. The third-order valence-corrected chi connectivity index (χ3v) is 6.20. The van der Waals surface area contributed by atoms with Crippen molar-refractivity contribution in [3.8, 4) is 0 Å². The van der Waals surface area contributed by atoms with Crippen molar-refractivity contribution in [2.75, 3.05) is 36.8 Å². The zero-order chi connectivity index (χ0) is 21.5. The first-order chi connectivity index (χ1) is 15.2. The van der Waals surface area contributed by atoms with Gasteiger partial charge in [0.15, 0.2) is 0 Å². The highest BCUT2D eigenvalue weighted by molar-refractivity contribution is 7.18. The summed E-state index contributed by atoms with van der Waals surface area (Å²) in [7, 11) is 0. The second-order valence-corrected chi connectivity index (χ2v) is 8.60.